The first-order chi connectivity index (χ1) is 8.56. The molecule has 1 aromatic rings. The Morgan fingerprint density at radius 2 is 2.05 bits per heavy atom. The molecule has 0 atom stereocenters. The SMILES string of the molecule is CCNCCNC(=O)c1cnc(C)nc1C(C)C.Cl. The molecule has 1 heterocycles. The summed E-state index contributed by atoms with van der Waals surface area (Å²) in [6.07, 6.45) is 1.61. The zero-order chi connectivity index (χ0) is 13.5. The summed E-state index contributed by atoms with van der Waals surface area (Å²) >= 11 is 0. The fourth-order valence-corrected chi connectivity index (χ4v) is 1.64. The van der Waals surface area contributed by atoms with Crippen molar-refractivity contribution in [3.8, 4) is 0 Å². The number of amides is 1. The van der Waals surface area contributed by atoms with Crippen LogP contribution < -0.4 is 10.6 Å². The largest absolute Gasteiger partial charge is 0.351 e. The van der Waals surface area contributed by atoms with Gasteiger partial charge in [-0.1, -0.05) is 20.8 Å². The lowest BCUT2D eigenvalue weighted by atomic mass is 10.0. The van der Waals surface area contributed by atoms with Gasteiger partial charge >= 0.3 is 0 Å². The van der Waals surface area contributed by atoms with Crippen LogP contribution in [0, 0.1) is 6.92 Å². The molecule has 1 amide bonds. The van der Waals surface area contributed by atoms with Crippen molar-refractivity contribution in [1.29, 1.82) is 0 Å². The minimum atomic E-state index is -0.100. The summed E-state index contributed by atoms with van der Waals surface area (Å²) in [6, 6.07) is 0. The predicted octanol–water partition coefficient (Wildman–Crippen LogP) is 1.67. The zero-order valence-corrected chi connectivity index (χ0v) is 12.8. The highest BCUT2D eigenvalue weighted by Gasteiger charge is 2.15. The summed E-state index contributed by atoms with van der Waals surface area (Å²) in [5.74, 6) is 0.806. The van der Waals surface area contributed by atoms with Crippen molar-refractivity contribution in [2.24, 2.45) is 0 Å². The maximum Gasteiger partial charge on any atom is 0.254 e. The molecule has 0 aromatic carbocycles. The molecule has 0 saturated heterocycles. The van der Waals surface area contributed by atoms with Crippen molar-refractivity contribution >= 4 is 18.3 Å². The average molecular weight is 287 g/mol. The molecule has 5 nitrogen and oxygen atoms in total. The number of likely N-dealkylation sites (N-methyl/N-ethyl adjacent to an activating group) is 1. The third-order valence-electron chi connectivity index (χ3n) is 2.57. The number of carbonyl (C=O) groups is 1. The van der Waals surface area contributed by atoms with Gasteiger partial charge in [-0.3, -0.25) is 4.79 Å². The molecule has 1 aromatic heterocycles. The van der Waals surface area contributed by atoms with E-state index >= 15 is 0 Å². The van der Waals surface area contributed by atoms with E-state index in [-0.39, 0.29) is 24.2 Å². The average Bonchev–Trinajstić information content (AvgIpc) is 2.34. The second-order valence-electron chi connectivity index (χ2n) is 4.48. The van der Waals surface area contributed by atoms with Gasteiger partial charge in [-0.2, -0.15) is 0 Å². The van der Waals surface area contributed by atoms with Gasteiger partial charge in [-0.05, 0) is 19.4 Å². The van der Waals surface area contributed by atoms with Crippen LogP contribution in [0.1, 0.15) is 48.6 Å². The molecule has 0 saturated carbocycles. The van der Waals surface area contributed by atoms with Crippen LogP contribution >= 0.6 is 12.4 Å². The van der Waals surface area contributed by atoms with E-state index in [1.807, 2.05) is 27.7 Å². The van der Waals surface area contributed by atoms with Crippen LogP contribution in [0.15, 0.2) is 6.20 Å². The Hall–Kier alpha value is -1.20. The van der Waals surface area contributed by atoms with Crippen LogP contribution in [-0.2, 0) is 0 Å². The fourth-order valence-electron chi connectivity index (χ4n) is 1.64. The third kappa shape index (κ3) is 5.53. The Kier molecular flexibility index (Phi) is 8.27. The molecule has 0 aliphatic carbocycles. The smallest absolute Gasteiger partial charge is 0.254 e. The van der Waals surface area contributed by atoms with Gasteiger partial charge in [0.15, 0.2) is 0 Å². The second kappa shape index (κ2) is 8.82. The maximum absolute atomic E-state index is 12.0. The van der Waals surface area contributed by atoms with Crippen LogP contribution in [0.3, 0.4) is 0 Å². The minimum absolute atomic E-state index is 0. The molecular weight excluding hydrogens is 264 g/mol. The molecule has 108 valence electrons. The number of nitrogens with one attached hydrogen (secondary N) is 2. The number of hydrogen-bond acceptors (Lipinski definition) is 4. The van der Waals surface area contributed by atoms with Gasteiger partial charge in [0.2, 0.25) is 0 Å². The number of rotatable bonds is 6. The van der Waals surface area contributed by atoms with Crippen molar-refractivity contribution in [3.05, 3.63) is 23.3 Å². The Bertz CT molecular complexity index is 410. The predicted molar refractivity (Wildman–Crippen MR) is 79.0 cm³/mol. The van der Waals surface area contributed by atoms with Crippen LogP contribution in [0.5, 0.6) is 0 Å². The Balaban J connectivity index is 0.00000324. The highest BCUT2D eigenvalue weighted by molar-refractivity contribution is 5.95. The second-order valence-corrected chi connectivity index (χ2v) is 4.48. The van der Waals surface area contributed by atoms with E-state index in [2.05, 4.69) is 20.6 Å². The topological polar surface area (TPSA) is 66.9 Å². The lowest BCUT2D eigenvalue weighted by Crippen LogP contribution is -2.32. The molecule has 2 N–H and O–H groups in total. The standard InChI is InChI=1S/C13H22N4O.ClH/c1-5-14-6-7-15-13(18)11-8-16-10(4)17-12(11)9(2)3;/h8-9,14H,5-7H2,1-4H3,(H,15,18);1H. The van der Waals surface area contributed by atoms with Crippen LogP contribution in [0.2, 0.25) is 0 Å². The number of halogens is 1. The monoisotopic (exact) mass is 286 g/mol. The van der Waals surface area contributed by atoms with E-state index in [1.54, 1.807) is 6.20 Å². The van der Waals surface area contributed by atoms with Crippen LogP contribution in [0.4, 0.5) is 0 Å². The van der Waals surface area contributed by atoms with Gasteiger partial charge in [-0.25, -0.2) is 9.97 Å². The molecule has 6 heteroatoms. The Morgan fingerprint density at radius 1 is 1.37 bits per heavy atom. The van der Waals surface area contributed by atoms with Crippen LogP contribution in [0.25, 0.3) is 0 Å². The van der Waals surface area contributed by atoms with E-state index in [0.717, 1.165) is 18.8 Å². The summed E-state index contributed by atoms with van der Waals surface area (Å²) in [5.41, 5.74) is 1.38. The van der Waals surface area contributed by atoms with E-state index < -0.39 is 0 Å². The lowest BCUT2D eigenvalue weighted by molar-refractivity contribution is 0.0951. The maximum atomic E-state index is 12.0. The summed E-state index contributed by atoms with van der Waals surface area (Å²) in [4.78, 5) is 20.5. The quantitative estimate of drug-likeness (QED) is 0.781. The first-order valence-corrected chi connectivity index (χ1v) is 6.38. The van der Waals surface area contributed by atoms with Gasteiger partial charge in [0.05, 0.1) is 11.3 Å². The van der Waals surface area contributed by atoms with Gasteiger partial charge in [0, 0.05) is 19.3 Å². The number of aromatic nitrogens is 2. The molecule has 0 aliphatic heterocycles. The molecule has 0 unspecified atom stereocenters. The molecule has 1 rings (SSSR count). The number of hydrogen-bond donors (Lipinski definition) is 2. The third-order valence-corrected chi connectivity index (χ3v) is 2.57. The normalized spacial score (nSPS) is 10.2. The molecule has 0 spiro atoms. The van der Waals surface area contributed by atoms with Crippen molar-refractivity contribution in [2.45, 2.75) is 33.6 Å². The number of carbonyl (C=O) groups excluding carboxylic acids is 1. The molecule has 0 bridgehead atoms. The minimum Gasteiger partial charge on any atom is -0.351 e. The molecule has 0 radical (unpaired) electrons. The Labute approximate surface area is 121 Å². The summed E-state index contributed by atoms with van der Waals surface area (Å²) in [7, 11) is 0. The van der Waals surface area contributed by atoms with Gasteiger partial charge in [0.1, 0.15) is 5.82 Å². The lowest BCUT2D eigenvalue weighted by Gasteiger charge is -2.12. The molecule has 0 fully saturated rings. The molecule has 0 aliphatic rings. The van der Waals surface area contributed by atoms with E-state index in [1.165, 1.54) is 0 Å². The fraction of sp³-hybridized carbons (Fsp3) is 0.615. The summed E-state index contributed by atoms with van der Waals surface area (Å²) < 4.78 is 0. The van der Waals surface area contributed by atoms with E-state index in [4.69, 9.17) is 0 Å². The highest BCUT2D eigenvalue weighted by Crippen LogP contribution is 2.16. The van der Waals surface area contributed by atoms with Crippen molar-refractivity contribution < 1.29 is 4.79 Å². The first-order valence-electron chi connectivity index (χ1n) is 6.38. The Morgan fingerprint density at radius 3 is 2.63 bits per heavy atom. The first kappa shape index (κ1) is 17.8. The molecule has 19 heavy (non-hydrogen) atoms. The number of aryl methyl sites for hydroxylation is 1. The summed E-state index contributed by atoms with van der Waals surface area (Å²) in [6.45, 7) is 10.2. The summed E-state index contributed by atoms with van der Waals surface area (Å²) in [5, 5.41) is 6.02. The van der Waals surface area contributed by atoms with Crippen molar-refractivity contribution in [2.75, 3.05) is 19.6 Å². The van der Waals surface area contributed by atoms with Crippen LogP contribution in [-0.4, -0.2) is 35.5 Å². The molecular formula is C13H23ClN4O. The van der Waals surface area contributed by atoms with Gasteiger partial charge in [0.25, 0.3) is 5.91 Å². The van der Waals surface area contributed by atoms with Gasteiger partial charge in [-0.15, -0.1) is 12.4 Å². The highest BCUT2D eigenvalue weighted by atomic mass is 35.5. The van der Waals surface area contributed by atoms with Crippen molar-refractivity contribution in [3.63, 3.8) is 0 Å². The van der Waals surface area contributed by atoms with Gasteiger partial charge < -0.3 is 10.6 Å². The van der Waals surface area contributed by atoms with E-state index in [9.17, 15) is 4.79 Å². The number of nitrogens with zero attached hydrogens (tertiary/aromatic N) is 2. The van der Waals surface area contributed by atoms with Crippen molar-refractivity contribution in [1.82, 2.24) is 20.6 Å². The zero-order valence-electron chi connectivity index (χ0n) is 12.0. The van der Waals surface area contributed by atoms with E-state index in [0.29, 0.717) is 17.9 Å².